The van der Waals surface area contributed by atoms with E-state index in [-0.39, 0.29) is 12.3 Å². The molecule has 180 valence electrons. The van der Waals surface area contributed by atoms with Crippen LogP contribution in [0.2, 0.25) is 5.02 Å². The maximum Gasteiger partial charge on any atom is 0.222 e. The molecule has 2 aliphatic rings. The smallest absolute Gasteiger partial charge is 0.222 e. The molecule has 0 unspecified atom stereocenters. The summed E-state index contributed by atoms with van der Waals surface area (Å²) >= 11 is 7.90. The Morgan fingerprint density at radius 1 is 1.23 bits per heavy atom. The van der Waals surface area contributed by atoms with Crippen molar-refractivity contribution in [3.05, 3.63) is 74.3 Å². The number of hydrogen-bond acceptors (Lipinski definition) is 6. The van der Waals surface area contributed by atoms with Crippen LogP contribution < -0.4 is 5.32 Å². The summed E-state index contributed by atoms with van der Waals surface area (Å²) in [6.07, 6.45) is 6.34. The summed E-state index contributed by atoms with van der Waals surface area (Å²) in [5, 5.41) is 13.8. The number of rotatable bonds is 7. The van der Waals surface area contributed by atoms with Crippen LogP contribution in [0.5, 0.6) is 0 Å². The van der Waals surface area contributed by atoms with Gasteiger partial charge in [-0.25, -0.2) is 0 Å². The summed E-state index contributed by atoms with van der Waals surface area (Å²) in [5.74, 6) is 1.52. The molecule has 1 amide bonds. The Morgan fingerprint density at radius 3 is 2.74 bits per heavy atom. The summed E-state index contributed by atoms with van der Waals surface area (Å²) in [6, 6.07) is 7.26. The molecule has 7 nitrogen and oxygen atoms in total. The molecule has 0 radical (unpaired) electrons. The molecule has 0 fully saturated rings. The van der Waals surface area contributed by atoms with Crippen molar-refractivity contribution in [1.29, 1.82) is 0 Å². The molecule has 0 bridgehead atoms. The third kappa shape index (κ3) is 4.60. The normalized spacial score (nSPS) is 16.4. The van der Waals surface area contributed by atoms with E-state index in [0.717, 1.165) is 46.9 Å². The minimum Gasteiger partial charge on any atom is -0.356 e. The number of halogens is 1. The quantitative estimate of drug-likeness (QED) is 0.471. The van der Waals surface area contributed by atoms with Gasteiger partial charge in [0.2, 0.25) is 5.91 Å². The van der Waals surface area contributed by atoms with Crippen LogP contribution in [-0.4, -0.2) is 39.1 Å². The fourth-order valence-electron chi connectivity index (χ4n) is 4.44. The van der Waals surface area contributed by atoms with Crippen molar-refractivity contribution in [2.75, 3.05) is 6.54 Å². The molecule has 2 aromatic heterocycles. The van der Waals surface area contributed by atoms with Crippen molar-refractivity contribution in [1.82, 2.24) is 20.1 Å². The number of aryl methyl sites for hydroxylation is 2. The predicted octanol–water partition coefficient (Wildman–Crippen LogP) is 5.31. The first kappa shape index (κ1) is 23.6. The van der Waals surface area contributed by atoms with Gasteiger partial charge in [0.1, 0.15) is 16.9 Å². The van der Waals surface area contributed by atoms with Crippen LogP contribution in [0, 0.1) is 13.8 Å². The van der Waals surface area contributed by atoms with E-state index in [0.29, 0.717) is 17.4 Å². The van der Waals surface area contributed by atoms with Crippen LogP contribution >= 0.6 is 22.9 Å². The lowest BCUT2D eigenvalue weighted by molar-refractivity contribution is -0.121. The number of fused-ring (bicyclic) bond motifs is 3. The Bertz CT molecular complexity index is 1370. The molecular formula is C26H27ClN6OS. The minimum atomic E-state index is -0.457. The highest BCUT2D eigenvalue weighted by atomic mass is 35.5. The second-order valence-corrected chi connectivity index (χ2v) is 10.4. The molecule has 0 spiro atoms. The lowest BCUT2D eigenvalue weighted by Crippen LogP contribution is -2.26. The van der Waals surface area contributed by atoms with Crippen LogP contribution in [0.3, 0.4) is 0 Å². The van der Waals surface area contributed by atoms with Gasteiger partial charge in [0.15, 0.2) is 5.82 Å². The van der Waals surface area contributed by atoms with Gasteiger partial charge in [-0.15, -0.1) is 21.5 Å². The van der Waals surface area contributed by atoms with Gasteiger partial charge in [0, 0.05) is 52.8 Å². The second-order valence-electron chi connectivity index (χ2n) is 8.75. The number of thiophene rings is 1. The van der Waals surface area contributed by atoms with Crippen LogP contribution in [0.25, 0.3) is 5.00 Å². The summed E-state index contributed by atoms with van der Waals surface area (Å²) in [7, 11) is 0. The number of carbonyl (C=O) groups excluding carboxylic acids is 1. The molecule has 0 saturated heterocycles. The zero-order valence-electron chi connectivity index (χ0n) is 20.0. The minimum absolute atomic E-state index is 0.0560. The third-order valence-electron chi connectivity index (χ3n) is 6.44. The zero-order chi connectivity index (χ0) is 24.5. The predicted molar refractivity (Wildman–Crippen MR) is 141 cm³/mol. The number of aromatic nitrogens is 3. The average Bonchev–Trinajstić information content (AvgIpc) is 3.56. The Hall–Kier alpha value is -3.10. The van der Waals surface area contributed by atoms with E-state index in [1.807, 2.05) is 36.7 Å². The van der Waals surface area contributed by atoms with E-state index in [1.54, 1.807) is 11.3 Å². The third-order valence-corrected chi connectivity index (χ3v) is 7.89. The molecule has 1 aromatic carbocycles. The molecule has 0 aliphatic carbocycles. The maximum absolute atomic E-state index is 13.0. The fraction of sp³-hybridized carbons (Fsp3) is 0.346. The highest BCUT2D eigenvalue weighted by Gasteiger charge is 2.32. The van der Waals surface area contributed by atoms with Crippen molar-refractivity contribution in [3.8, 4) is 5.00 Å². The number of nitrogens with zero attached hydrogens (tertiary/aromatic N) is 5. The van der Waals surface area contributed by atoms with Crippen molar-refractivity contribution in [2.45, 2.75) is 52.5 Å². The molecule has 35 heavy (non-hydrogen) atoms. The first-order valence-corrected chi connectivity index (χ1v) is 13.0. The van der Waals surface area contributed by atoms with E-state index >= 15 is 0 Å². The van der Waals surface area contributed by atoms with Gasteiger partial charge in [-0.3, -0.25) is 19.3 Å². The van der Waals surface area contributed by atoms with Crippen molar-refractivity contribution >= 4 is 40.8 Å². The fourth-order valence-corrected chi connectivity index (χ4v) is 5.75. The largest absolute Gasteiger partial charge is 0.356 e. The molecule has 1 N–H and O–H groups in total. The molecule has 1 atom stereocenters. The first-order valence-electron chi connectivity index (χ1n) is 11.8. The number of hydrogen-bond donors (Lipinski definition) is 1. The molecule has 0 saturated carbocycles. The molecule has 4 heterocycles. The van der Waals surface area contributed by atoms with E-state index < -0.39 is 6.04 Å². The Morgan fingerprint density at radius 2 is 2.03 bits per heavy atom. The summed E-state index contributed by atoms with van der Waals surface area (Å²) < 4.78 is 2.12. The van der Waals surface area contributed by atoms with Gasteiger partial charge < -0.3 is 5.32 Å². The van der Waals surface area contributed by atoms with E-state index in [9.17, 15) is 4.79 Å². The average molecular weight is 507 g/mol. The Kier molecular flexibility index (Phi) is 6.67. The van der Waals surface area contributed by atoms with Crippen LogP contribution in [0.1, 0.15) is 65.4 Å². The van der Waals surface area contributed by atoms with E-state index in [2.05, 4.69) is 45.8 Å². The van der Waals surface area contributed by atoms with Crippen molar-refractivity contribution in [2.24, 2.45) is 9.98 Å². The number of benzene rings is 1. The van der Waals surface area contributed by atoms with Gasteiger partial charge in [-0.2, -0.15) is 0 Å². The monoisotopic (exact) mass is 506 g/mol. The number of carbonyl (C=O) groups is 1. The summed E-state index contributed by atoms with van der Waals surface area (Å²) in [6.45, 7) is 6.89. The molecule has 9 heteroatoms. The molecule has 3 aromatic rings. The number of nitrogens with one attached hydrogen (secondary N) is 1. The van der Waals surface area contributed by atoms with Gasteiger partial charge in [-0.05, 0) is 43.5 Å². The second kappa shape index (κ2) is 9.87. The van der Waals surface area contributed by atoms with Crippen LogP contribution in [0.15, 0.2) is 46.0 Å². The lowest BCUT2D eigenvalue weighted by atomic mass is 9.99. The van der Waals surface area contributed by atoms with E-state index in [4.69, 9.17) is 16.6 Å². The summed E-state index contributed by atoms with van der Waals surface area (Å²) in [4.78, 5) is 23.5. The molecule has 5 rings (SSSR count). The lowest BCUT2D eigenvalue weighted by Gasteiger charge is -2.13. The van der Waals surface area contributed by atoms with Gasteiger partial charge in [0.05, 0.1) is 12.1 Å². The highest BCUT2D eigenvalue weighted by Crippen LogP contribution is 2.39. The van der Waals surface area contributed by atoms with E-state index in [1.165, 1.54) is 16.0 Å². The van der Waals surface area contributed by atoms with Gasteiger partial charge >= 0.3 is 0 Å². The zero-order valence-corrected chi connectivity index (χ0v) is 21.6. The van der Waals surface area contributed by atoms with Gasteiger partial charge in [-0.1, -0.05) is 30.7 Å². The summed E-state index contributed by atoms with van der Waals surface area (Å²) in [5.41, 5.74) is 5.30. The SMILES string of the molecule is CCc1nnc2n1-c1sc(C)c(C)c1C(c1ccc(Cl)cc1)=N[C@H]2CC(=O)NCCC1=CN=CC1. The maximum atomic E-state index is 13.0. The number of amides is 1. The molecular weight excluding hydrogens is 480 g/mol. The van der Waals surface area contributed by atoms with Crippen LogP contribution in [0.4, 0.5) is 0 Å². The Balaban J connectivity index is 1.53. The van der Waals surface area contributed by atoms with Crippen molar-refractivity contribution in [3.63, 3.8) is 0 Å². The van der Waals surface area contributed by atoms with Crippen molar-refractivity contribution < 1.29 is 4.79 Å². The van der Waals surface area contributed by atoms with Crippen LogP contribution in [-0.2, 0) is 11.2 Å². The Labute approximate surface area is 213 Å². The highest BCUT2D eigenvalue weighted by molar-refractivity contribution is 7.15. The number of aliphatic imine (C=N–C) groups is 2. The molecule has 2 aliphatic heterocycles. The first-order chi connectivity index (χ1) is 17.0. The van der Waals surface area contributed by atoms with Gasteiger partial charge in [0.25, 0.3) is 0 Å². The topological polar surface area (TPSA) is 84.5 Å². The standard InChI is InChI=1S/C26H27ClN6OS/c1-4-21-31-32-25-20(13-22(34)29-12-10-17-9-11-28-14-17)30-24(18-5-7-19(27)8-6-18)23-15(2)16(3)35-26(23)33(21)25/h5-8,11,14,20H,4,9-10,12-13H2,1-3H3,(H,29,34)/t20-/m0/s1.